The third-order valence-corrected chi connectivity index (χ3v) is 2.57. The summed E-state index contributed by atoms with van der Waals surface area (Å²) in [5.74, 6) is -0.742. The molecule has 0 saturated carbocycles. The molecule has 0 aliphatic heterocycles. The van der Waals surface area contributed by atoms with E-state index in [1.54, 1.807) is 6.20 Å². The van der Waals surface area contributed by atoms with Crippen molar-refractivity contribution >= 4 is 5.97 Å². The monoisotopic (exact) mass is 222 g/mol. The Morgan fingerprint density at radius 3 is 3.00 bits per heavy atom. The van der Waals surface area contributed by atoms with Crippen LogP contribution in [-0.4, -0.2) is 22.1 Å². The number of aromatic nitrogens is 1. The van der Waals surface area contributed by atoms with Crippen molar-refractivity contribution < 1.29 is 9.90 Å². The Hall–Kier alpha value is -1.42. The molecule has 1 aromatic rings. The van der Waals surface area contributed by atoms with Crippen LogP contribution >= 0.6 is 0 Å². The van der Waals surface area contributed by atoms with E-state index >= 15 is 0 Å². The molecule has 0 amide bonds. The van der Waals surface area contributed by atoms with E-state index in [2.05, 4.69) is 10.3 Å². The lowest BCUT2D eigenvalue weighted by molar-refractivity contribution is -0.137. The minimum atomic E-state index is -0.742. The molecule has 4 nitrogen and oxygen atoms in total. The van der Waals surface area contributed by atoms with Crippen LogP contribution in [0.4, 0.5) is 0 Å². The second kappa shape index (κ2) is 6.23. The molecule has 0 aliphatic carbocycles. The van der Waals surface area contributed by atoms with Crippen molar-refractivity contribution in [1.29, 1.82) is 0 Å². The number of nitrogens with zero attached hydrogens (tertiary/aromatic N) is 1. The summed E-state index contributed by atoms with van der Waals surface area (Å²) < 4.78 is 0. The van der Waals surface area contributed by atoms with Crippen LogP contribution in [0, 0.1) is 6.92 Å². The van der Waals surface area contributed by atoms with E-state index in [1.807, 2.05) is 26.1 Å². The Bertz CT molecular complexity index is 353. The summed E-state index contributed by atoms with van der Waals surface area (Å²) in [4.78, 5) is 14.4. The SMILES string of the molecule is Cc1cnccc1CNC(C)CCC(=O)O. The molecule has 0 spiro atoms. The Balaban J connectivity index is 2.34. The molecule has 16 heavy (non-hydrogen) atoms. The highest BCUT2D eigenvalue weighted by atomic mass is 16.4. The first kappa shape index (κ1) is 12.6. The normalized spacial score (nSPS) is 12.4. The molecule has 0 aromatic carbocycles. The van der Waals surface area contributed by atoms with Gasteiger partial charge in [-0.1, -0.05) is 0 Å². The molecule has 0 fully saturated rings. The van der Waals surface area contributed by atoms with E-state index in [0.717, 1.165) is 12.1 Å². The van der Waals surface area contributed by atoms with Crippen LogP contribution in [0.5, 0.6) is 0 Å². The lowest BCUT2D eigenvalue weighted by atomic mass is 10.1. The zero-order valence-electron chi connectivity index (χ0n) is 9.73. The van der Waals surface area contributed by atoms with Crippen molar-refractivity contribution in [2.45, 2.75) is 39.3 Å². The molecular weight excluding hydrogens is 204 g/mol. The molecule has 1 heterocycles. The van der Waals surface area contributed by atoms with Gasteiger partial charge in [0.15, 0.2) is 0 Å². The van der Waals surface area contributed by atoms with E-state index in [1.165, 1.54) is 5.56 Å². The van der Waals surface area contributed by atoms with E-state index in [9.17, 15) is 4.79 Å². The van der Waals surface area contributed by atoms with Gasteiger partial charge in [-0.05, 0) is 37.5 Å². The Morgan fingerprint density at radius 1 is 1.62 bits per heavy atom. The highest BCUT2D eigenvalue weighted by Crippen LogP contribution is 2.05. The van der Waals surface area contributed by atoms with E-state index < -0.39 is 5.97 Å². The molecule has 1 atom stereocenters. The molecular formula is C12H18N2O2. The predicted octanol–water partition coefficient (Wildman–Crippen LogP) is 1.73. The van der Waals surface area contributed by atoms with Crippen LogP contribution in [0.2, 0.25) is 0 Å². The number of rotatable bonds is 6. The van der Waals surface area contributed by atoms with Crippen molar-refractivity contribution in [3.8, 4) is 0 Å². The third kappa shape index (κ3) is 4.40. The van der Waals surface area contributed by atoms with Gasteiger partial charge < -0.3 is 10.4 Å². The molecule has 0 bridgehead atoms. The largest absolute Gasteiger partial charge is 0.481 e. The van der Waals surface area contributed by atoms with Gasteiger partial charge >= 0.3 is 5.97 Å². The number of hydrogen-bond acceptors (Lipinski definition) is 3. The first-order valence-electron chi connectivity index (χ1n) is 5.44. The van der Waals surface area contributed by atoms with Gasteiger partial charge in [0.25, 0.3) is 0 Å². The van der Waals surface area contributed by atoms with Crippen molar-refractivity contribution in [3.05, 3.63) is 29.6 Å². The molecule has 0 aliphatic rings. The van der Waals surface area contributed by atoms with Gasteiger partial charge in [0.05, 0.1) is 0 Å². The predicted molar refractivity (Wildman–Crippen MR) is 62.1 cm³/mol. The Labute approximate surface area is 95.7 Å². The van der Waals surface area contributed by atoms with Crippen LogP contribution in [-0.2, 0) is 11.3 Å². The number of pyridine rings is 1. The van der Waals surface area contributed by atoms with E-state index in [-0.39, 0.29) is 12.5 Å². The zero-order chi connectivity index (χ0) is 12.0. The van der Waals surface area contributed by atoms with Gasteiger partial charge in [0, 0.05) is 31.4 Å². The number of carboxylic acid groups (broad SMARTS) is 1. The average molecular weight is 222 g/mol. The van der Waals surface area contributed by atoms with Gasteiger partial charge in [-0.2, -0.15) is 0 Å². The summed E-state index contributed by atoms with van der Waals surface area (Å²) >= 11 is 0. The maximum atomic E-state index is 10.4. The molecule has 1 rings (SSSR count). The zero-order valence-corrected chi connectivity index (χ0v) is 9.73. The van der Waals surface area contributed by atoms with Gasteiger partial charge in [-0.25, -0.2) is 0 Å². The number of aliphatic carboxylic acids is 1. The van der Waals surface area contributed by atoms with Gasteiger partial charge in [-0.3, -0.25) is 9.78 Å². The summed E-state index contributed by atoms with van der Waals surface area (Å²) in [6.45, 7) is 4.78. The van der Waals surface area contributed by atoms with Crippen molar-refractivity contribution in [3.63, 3.8) is 0 Å². The fourth-order valence-corrected chi connectivity index (χ4v) is 1.43. The summed E-state index contributed by atoms with van der Waals surface area (Å²) in [5.41, 5.74) is 2.36. The fourth-order valence-electron chi connectivity index (χ4n) is 1.43. The van der Waals surface area contributed by atoms with Crippen LogP contribution in [0.3, 0.4) is 0 Å². The van der Waals surface area contributed by atoms with Crippen LogP contribution in [0.15, 0.2) is 18.5 Å². The Kier molecular flexibility index (Phi) is 4.92. The summed E-state index contributed by atoms with van der Waals surface area (Å²) in [6.07, 6.45) is 4.47. The topological polar surface area (TPSA) is 62.2 Å². The molecule has 0 saturated heterocycles. The van der Waals surface area contributed by atoms with E-state index in [4.69, 9.17) is 5.11 Å². The van der Waals surface area contributed by atoms with Crippen LogP contribution in [0.1, 0.15) is 30.9 Å². The van der Waals surface area contributed by atoms with Crippen molar-refractivity contribution in [1.82, 2.24) is 10.3 Å². The fraction of sp³-hybridized carbons (Fsp3) is 0.500. The highest BCUT2D eigenvalue weighted by Gasteiger charge is 2.05. The Morgan fingerprint density at radius 2 is 2.38 bits per heavy atom. The van der Waals surface area contributed by atoms with Gasteiger partial charge in [0.2, 0.25) is 0 Å². The van der Waals surface area contributed by atoms with Gasteiger partial charge in [0.1, 0.15) is 0 Å². The van der Waals surface area contributed by atoms with Crippen LogP contribution < -0.4 is 5.32 Å². The highest BCUT2D eigenvalue weighted by molar-refractivity contribution is 5.66. The number of nitrogens with one attached hydrogen (secondary N) is 1. The minimum absolute atomic E-state index is 0.212. The first-order valence-corrected chi connectivity index (χ1v) is 5.44. The number of carbonyl (C=O) groups is 1. The lowest BCUT2D eigenvalue weighted by Crippen LogP contribution is -2.26. The quantitative estimate of drug-likeness (QED) is 0.769. The smallest absolute Gasteiger partial charge is 0.303 e. The number of hydrogen-bond donors (Lipinski definition) is 2. The van der Waals surface area contributed by atoms with E-state index in [0.29, 0.717) is 6.42 Å². The molecule has 1 unspecified atom stereocenters. The second-order valence-electron chi connectivity index (χ2n) is 4.02. The maximum Gasteiger partial charge on any atom is 0.303 e. The lowest BCUT2D eigenvalue weighted by Gasteiger charge is -2.13. The molecule has 88 valence electrons. The van der Waals surface area contributed by atoms with Crippen molar-refractivity contribution in [2.24, 2.45) is 0 Å². The van der Waals surface area contributed by atoms with Crippen molar-refractivity contribution in [2.75, 3.05) is 0 Å². The first-order chi connectivity index (χ1) is 7.59. The molecule has 2 N–H and O–H groups in total. The average Bonchev–Trinajstić information content (AvgIpc) is 2.25. The number of carboxylic acids is 1. The third-order valence-electron chi connectivity index (χ3n) is 2.57. The molecule has 0 radical (unpaired) electrons. The van der Waals surface area contributed by atoms with Crippen LogP contribution in [0.25, 0.3) is 0 Å². The number of aryl methyl sites for hydroxylation is 1. The molecule has 4 heteroatoms. The summed E-state index contributed by atoms with van der Waals surface area (Å²) in [6, 6.07) is 2.19. The van der Waals surface area contributed by atoms with Gasteiger partial charge in [-0.15, -0.1) is 0 Å². The molecule has 1 aromatic heterocycles. The standard InChI is InChI=1S/C12H18N2O2/c1-9-7-13-6-5-11(9)8-14-10(2)3-4-12(15)16/h5-7,10,14H,3-4,8H2,1-2H3,(H,15,16). The summed E-state index contributed by atoms with van der Waals surface area (Å²) in [5, 5.41) is 11.9. The maximum absolute atomic E-state index is 10.4. The second-order valence-corrected chi connectivity index (χ2v) is 4.02. The minimum Gasteiger partial charge on any atom is -0.481 e. The summed E-state index contributed by atoms with van der Waals surface area (Å²) in [7, 11) is 0.